The molecule has 4 heteroatoms. The van der Waals surface area contributed by atoms with E-state index in [4.69, 9.17) is 0 Å². The van der Waals surface area contributed by atoms with Crippen LogP contribution in [-0.4, -0.2) is 15.1 Å². The highest BCUT2D eigenvalue weighted by Crippen LogP contribution is 1.72. The lowest BCUT2D eigenvalue weighted by molar-refractivity contribution is 0.416. The Morgan fingerprint density at radius 1 is 1.20 bits per heavy atom. The zero-order valence-electron chi connectivity index (χ0n) is 5.27. The summed E-state index contributed by atoms with van der Waals surface area (Å²) in [5, 5.41) is 3.24. The summed E-state index contributed by atoms with van der Waals surface area (Å²) in [6.07, 6.45) is 6.35. The maximum Gasteiger partial charge on any atom is 0.213 e. The number of aromatic amines is 1. The average Bonchev–Trinajstić information content (AvgIpc) is 2.67. The molecule has 0 fully saturated rings. The molecule has 2 heterocycles. The van der Waals surface area contributed by atoms with Crippen LogP contribution in [0.3, 0.4) is 0 Å². The predicted molar refractivity (Wildman–Crippen MR) is 35.1 cm³/mol. The second kappa shape index (κ2) is 4.31. The van der Waals surface area contributed by atoms with Gasteiger partial charge in [-0.15, -0.1) is 0 Å². The van der Waals surface area contributed by atoms with Gasteiger partial charge in [-0.2, -0.15) is 0 Å². The third-order valence-electron chi connectivity index (χ3n) is 0.779. The Morgan fingerprint density at radius 3 is 2.20 bits per heavy atom. The summed E-state index contributed by atoms with van der Waals surface area (Å²) in [5.41, 5.74) is 0. The molecule has 52 valence electrons. The fraction of sp³-hybridized carbons (Fsp3) is 0. The lowest BCUT2D eigenvalue weighted by Crippen LogP contribution is -1.44. The van der Waals surface area contributed by atoms with E-state index in [9.17, 15) is 0 Å². The standard InChI is InChI=1S/C4H5N.C2H2N2O/c1-2-4-5-3-1;1-3-2-5-4-1/h1-5H;1-2H. The second-order valence-corrected chi connectivity index (χ2v) is 1.47. The van der Waals surface area contributed by atoms with Crippen molar-refractivity contribution >= 4 is 0 Å². The van der Waals surface area contributed by atoms with E-state index in [0.29, 0.717) is 0 Å². The smallest absolute Gasteiger partial charge is 0.213 e. The molecular weight excluding hydrogens is 130 g/mol. The summed E-state index contributed by atoms with van der Waals surface area (Å²) >= 11 is 0. The monoisotopic (exact) mass is 137 g/mol. The van der Waals surface area contributed by atoms with Crippen LogP contribution in [0.25, 0.3) is 0 Å². The van der Waals surface area contributed by atoms with Crippen LogP contribution in [0, 0.1) is 0 Å². The topological polar surface area (TPSA) is 54.7 Å². The Morgan fingerprint density at radius 2 is 2.00 bits per heavy atom. The molecule has 0 aromatic carbocycles. The molecule has 10 heavy (non-hydrogen) atoms. The number of hydrogen-bond acceptors (Lipinski definition) is 3. The Labute approximate surface area is 57.9 Å². The van der Waals surface area contributed by atoms with Crippen molar-refractivity contribution in [3.63, 3.8) is 0 Å². The molecule has 0 aliphatic carbocycles. The third kappa shape index (κ3) is 2.66. The van der Waals surface area contributed by atoms with E-state index >= 15 is 0 Å². The zero-order valence-corrected chi connectivity index (χ0v) is 5.27. The van der Waals surface area contributed by atoms with Crippen LogP contribution in [0.2, 0.25) is 0 Å². The van der Waals surface area contributed by atoms with Crippen LogP contribution >= 0.6 is 0 Å². The minimum atomic E-state index is 1.26. The molecule has 0 aliphatic rings. The van der Waals surface area contributed by atoms with Crippen LogP contribution in [-0.2, 0) is 0 Å². The summed E-state index contributed by atoms with van der Waals surface area (Å²) in [7, 11) is 0. The summed E-state index contributed by atoms with van der Waals surface area (Å²) in [5.74, 6) is 0. The Bertz CT molecular complexity index is 152. The number of rotatable bonds is 0. The number of aromatic nitrogens is 3. The minimum absolute atomic E-state index is 1.26. The van der Waals surface area contributed by atoms with Crippen LogP contribution in [0.5, 0.6) is 0 Å². The molecule has 0 amide bonds. The molecule has 0 saturated carbocycles. The number of H-pyrrole nitrogens is 1. The number of nitrogens with zero attached hydrogens (tertiary/aromatic N) is 2. The van der Waals surface area contributed by atoms with Gasteiger partial charge in [0.05, 0.1) is 0 Å². The highest BCUT2D eigenvalue weighted by atomic mass is 16.5. The van der Waals surface area contributed by atoms with Gasteiger partial charge >= 0.3 is 0 Å². The summed E-state index contributed by atoms with van der Waals surface area (Å²) in [4.78, 5) is 6.31. The molecule has 0 unspecified atom stereocenters. The van der Waals surface area contributed by atoms with Crippen molar-refractivity contribution in [3.8, 4) is 0 Å². The van der Waals surface area contributed by atoms with Crippen molar-refractivity contribution in [2.24, 2.45) is 0 Å². The SMILES string of the molecule is c1cc[nH]c1.c1ncon1. The molecule has 2 aromatic rings. The van der Waals surface area contributed by atoms with Crippen molar-refractivity contribution in [2.75, 3.05) is 0 Å². The highest BCUT2D eigenvalue weighted by Gasteiger charge is 1.60. The summed E-state index contributed by atoms with van der Waals surface area (Å²) < 4.78 is 4.22. The largest absolute Gasteiger partial charge is 0.368 e. The molecule has 0 atom stereocenters. The van der Waals surface area contributed by atoms with Gasteiger partial charge in [0.1, 0.15) is 0 Å². The van der Waals surface area contributed by atoms with Crippen molar-refractivity contribution in [1.29, 1.82) is 0 Å². The van der Waals surface area contributed by atoms with Crippen LogP contribution in [0.15, 0.2) is 41.8 Å². The van der Waals surface area contributed by atoms with Gasteiger partial charge in [0.25, 0.3) is 0 Å². The van der Waals surface area contributed by atoms with Crippen LogP contribution in [0.4, 0.5) is 0 Å². The summed E-state index contributed by atoms with van der Waals surface area (Å²) in [6.45, 7) is 0. The molecule has 2 aromatic heterocycles. The fourth-order valence-electron chi connectivity index (χ4n) is 0.414. The number of nitrogens with one attached hydrogen (secondary N) is 1. The Balaban J connectivity index is 0.0000001000. The van der Waals surface area contributed by atoms with Gasteiger partial charge in [0.2, 0.25) is 6.39 Å². The van der Waals surface area contributed by atoms with Crippen molar-refractivity contribution in [1.82, 2.24) is 15.1 Å². The van der Waals surface area contributed by atoms with Gasteiger partial charge in [0, 0.05) is 12.4 Å². The first-order valence-corrected chi connectivity index (χ1v) is 2.77. The Hall–Kier alpha value is -1.58. The predicted octanol–water partition coefficient (Wildman–Crippen LogP) is 1.08. The zero-order chi connectivity index (χ0) is 7.07. The van der Waals surface area contributed by atoms with E-state index in [-0.39, 0.29) is 0 Å². The van der Waals surface area contributed by atoms with Gasteiger partial charge in [-0.3, -0.25) is 0 Å². The van der Waals surface area contributed by atoms with Crippen LogP contribution in [0.1, 0.15) is 0 Å². The molecule has 0 aliphatic heterocycles. The number of hydrogen-bond donors (Lipinski definition) is 1. The first kappa shape index (κ1) is 6.54. The third-order valence-corrected chi connectivity index (χ3v) is 0.779. The van der Waals surface area contributed by atoms with Crippen molar-refractivity contribution in [3.05, 3.63) is 37.2 Å². The first-order valence-electron chi connectivity index (χ1n) is 2.77. The van der Waals surface area contributed by atoms with E-state index < -0.39 is 0 Å². The van der Waals surface area contributed by atoms with Gasteiger partial charge in [-0.1, -0.05) is 5.16 Å². The van der Waals surface area contributed by atoms with Crippen molar-refractivity contribution < 1.29 is 4.52 Å². The highest BCUT2D eigenvalue weighted by molar-refractivity contribution is 4.84. The van der Waals surface area contributed by atoms with Gasteiger partial charge < -0.3 is 9.51 Å². The van der Waals surface area contributed by atoms with E-state index in [1.165, 1.54) is 12.7 Å². The Kier molecular flexibility index (Phi) is 2.82. The molecular formula is C6H7N3O. The molecule has 0 saturated heterocycles. The molecule has 1 N–H and O–H groups in total. The molecule has 2 rings (SSSR count). The van der Waals surface area contributed by atoms with E-state index in [2.05, 4.69) is 19.6 Å². The summed E-state index contributed by atoms with van der Waals surface area (Å²) in [6, 6.07) is 3.89. The first-order chi connectivity index (χ1) is 5.00. The van der Waals surface area contributed by atoms with Gasteiger partial charge in [-0.05, 0) is 12.1 Å². The molecule has 0 spiro atoms. The van der Waals surface area contributed by atoms with E-state index in [1.807, 2.05) is 24.5 Å². The van der Waals surface area contributed by atoms with Crippen molar-refractivity contribution in [2.45, 2.75) is 0 Å². The lowest BCUT2D eigenvalue weighted by atomic mass is 10.7. The normalized spacial score (nSPS) is 8.00. The maximum absolute atomic E-state index is 4.22. The van der Waals surface area contributed by atoms with Gasteiger partial charge in [0.15, 0.2) is 6.33 Å². The lowest BCUT2D eigenvalue weighted by Gasteiger charge is -1.49. The average molecular weight is 137 g/mol. The van der Waals surface area contributed by atoms with E-state index in [0.717, 1.165) is 0 Å². The van der Waals surface area contributed by atoms with Gasteiger partial charge in [-0.25, -0.2) is 4.98 Å². The minimum Gasteiger partial charge on any atom is -0.368 e. The molecule has 4 nitrogen and oxygen atoms in total. The molecule has 0 radical (unpaired) electrons. The van der Waals surface area contributed by atoms with E-state index in [1.54, 1.807) is 0 Å². The quantitative estimate of drug-likeness (QED) is 0.591. The maximum atomic E-state index is 4.22. The fourth-order valence-corrected chi connectivity index (χ4v) is 0.414. The second-order valence-electron chi connectivity index (χ2n) is 1.47. The molecule has 0 bridgehead atoms. The van der Waals surface area contributed by atoms with Crippen LogP contribution < -0.4 is 0 Å².